The van der Waals surface area contributed by atoms with Gasteiger partial charge >= 0.3 is 0 Å². The van der Waals surface area contributed by atoms with Gasteiger partial charge in [0.1, 0.15) is 0 Å². The van der Waals surface area contributed by atoms with Crippen LogP contribution in [-0.2, 0) is 11.2 Å². The molecule has 0 radical (unpaired) electrons. The maximum Gasteiger partial charge on any atom is 0.234 e. The number of rotatable bonds is 1. The summed E-state index contributed by atoms with van der Waals surface area (Å²) in [5, 5.41) is 0. The van der Waals surface area contributed by atoms with E-state index in [0.29, 0.717) is 0 Å². The first kappa shape index (κ1) is 12.0. The van der Waals surface area contributed by atoms with Gasteiger partial charge < -0.3 is 4.90 Å². The molecule has 3 rings (SSSR count). The molecule has 0 aliphatic carbocycles. The first-order valence-electron chi connectivity index (χ1n) is 6.68. The molecule has 19 heavy (non-hydrogen) atoms. The Morgan fingerprint density at radius 1 is 1.00 bits per heavy atom. The summed E-state index contributed by atoms with van der Waals surface area (Å²) in [7, 11) is 1.88. The van der Waals surface area contributed by atoms with Crippen molar-refractivity contribution in [3.63, 3.8) is 0 Å². The number of carbonyl (C=O) groups excluding carboxylic acids is 1. The molecule has 0 bridgehead atoms. The zero-order valence-electron chi connectivity index (χ0n) is 11.0. The van der Waals surface area contributed by atoms with Crippen molar-refractivity contribution >= 4 is 11.6 Å². The van der Waals surface area contributed by atoms with Crippen molar-refractivity contribution in [1.82, 2.24) is 0 Å². The second-order valence-electron chi connectivity index (χ2n) is 5.03. The Bertz CT molecular complexity index is 591. The summed E-state index contributed by atoms with van der Waals surface area (Å²) in [6.07, 6.45) is 1.83. The number of hydrogen-bond acceptors (Lipinski definition) is 1. The summed E-state index contributed by atoms with van der Waals surface area (Å²) in [6, 6.07) is 18.3. The molecule has 1 amide bonds. The molecule has 0 saturated carbocycles. The quantitative estimate of drug-likeness (QED) is 0.761. The van der Waals surface area contributed by atoms with Crippen molar-refractivity contribution in [3.05, 3.63) is 65.7 Å². The molecule has 1 atom stereocenters. The lowest BCUT2D eigenvalue weighted by molar-refractivity contribution is -0.119. The van der Waals surface area contributed by atoms with Crippen LogP contribution >= 0.6 is 0 Å². The normalized spacial score (nSPS) is 18.9. The Hall–Kier alpha value is -2.09. The molecule has 1 aliphatic heterocycles. The monoisotopic (exact) mass is 251 g/mol. The van der Waals surface area contributed by atoms with Crippen molar-refractivity contribution in [3.8, 4) is 0 Å². The maximum atomic E-state index is 12.6. The lowest BCUT2D eigenvalue weighted by Crippen LogP contribution is -2.30. The van der Waals surface area contributed by atoms with E-state index in [1.807, 2.05) is 55.6 Å². The average Bonchev–Trinajstić information content (AvgIpc) is 2.59. The van der Waals surface area contributed by atoms with Gasteiger partial charge in [-0.1, -0.05) is 48.5 Å². The van der Waals surface area contributed by atoms with Crippen LogP contribution in [0, 0.1) is 0 Å². The van der Waals surface area contributed by atoms with E-state index in [9.17, 15) is 4.79 Å². The number of amides is 1. The van der Waals surface area contributed by atoms with Crippen molar-refractivity contribution < 1.29 is 4.79 Å². The Kier molecular flexibility index (Phi) is 3.08. The van der Waals surface area contributed by atoms with Crippen molar-refractivity contribution in [2.75, 3.05) is 11.9 Å². The number of anilines is 1. The molecular formula is C17H17NO. The molecule has 2 nitrogen and oxygen atoms in total. The maximum absolute atomic E-state index is 12.6. The fourth-order valence-electron chi connectivity index (χ4n) is 2.82. The SMILES string of the molecule is CN1C(=O)[C@H](c2ccccc2)CCc2ccccc21. The largest absolute Gasteiger partial charge is 0.315 e. The summed E-state index contributed by atoms with van der Waals surface area (Å²) in [6.45, 7) is 0. The minimum Gasteiger partial charge on any atom is -0.315 e. The molecule has 2 aromatic rings. The van der Waals surface area contributed by atoms with E-state index in [4.69, 9.17) is 0 Å². The number of hydrogen-bond donors (Lipinski definition) is 0. The third kappa shape index (κ3) is 2.14. The van der Waals surface area contributed by atoms with Gasteiger partial charge in [-0.3, -0.25) is 4.79 Å². The molecule has 0 N–H and O–H groups in total. The second-order valence-corrected chi connectivity index (χ2v) is 5.03. The van der Waals surface area contributed by atoms with E-state index in [1.54, 1.807) is 4.90 Å². The van der Waals surface area contributed by atoms with Crippen molar-refractivity contribution in [2.45, 2.75) is 18.8 Å². The van der Waals surface area contributed by atoms with Crippen LogP contribution in [0.3, 0.4) is 0 Å². The van der Waals surface area contributed by atoms with Gasteiger partial charge in [-0.15, -0.1) is 0 Å². The van der Waals surface area contributed by atoms with Crippen molar-refractivity contribution in [2.24, 2.45) is 0 Å². The summed E-state index contributed by atoms with van der Waals surface area (Å²) in [5.74, 6) is 0.162. The van der Waals surface area contributed by atoms with E-state index >= 15 is 0 Å². The van der Waals surface area contributed by atoms with E-state index in [-0.39, 0.29) is 11.8 Å². The number of aryl methyl sites for hydroxylation is 1. The molecule has 0 fully saturated rings. The zero-order chi connectivity index (χ0) is 13.2. The van der Waals surface area contributed by atoms with Gasteiger partial charge in [-0.25, -0.2) is 0 Å². The number of likely N-dealkylation sites (N-methyl/N-ethyl adjacent to an activating group) is 1. The number of fused-ring (bicyclic) bond motifs is 1. The summed E-state index contributed by atoms with van der Waals surface area (Å²) >= 11 is 0. The van der Waals surface area contributed by atoms with Gasteiger partial charge in [0.15, 0.2) is 0 Å². The molecule has 0 spiro atoms. The van der Waals surface area contributed by atoms with Crippen LogP contribution < -0.4 is 4.90 Å². The van der Waals surface area contributed by atoms with E-state index in [2.05, 4.69) is 6.07 Å². The Balaban J connectivity index is 1.99. The smallest absolute Gasteiger partial charge is 0.234 e. The van der Waals surface area contributed by atoms with Crippen LogP contribution in [0.4, 0.5) is 5.69 Å². The van der Waals surface area contributed by atoms with Gasteiger partial charge in [0, 0.05) is 12.7 Å². The van der Waals surface area contributed by atoms with Crippen molar-refractivity contribution in [1.29, 1.82) is 0 Å². The van der Waals surface area contributed by atoms with E-state index in [0.717, 1.165) is 24.1 Å². The molecule has 0 aromatic heterocycles. The minimum atomic E-state index is -0.0291. The van der Waals surface area contributed by atoms with Crippen LogP contribution in [0.15, 0.2) is 54.6 Å². The molecule has 0 saturated heterocycles. The zero-order valence-corrected chi connectivity index (χ0v) is 11.0. The van der Waals surface area contributed by atoms with Crippen LogP contribution in [-0.4, -0.2) is 13.0 Å². The highest BCUT2D eigenvalue weighted by atomic mass is 16.2. The number of nitrogens with zero attached hydrogens (tertiary/aromatic N) is 1. The minimum absolute atomic E-state index is 0.0291. The molecule has 1 aliphatic rings. The predicted octanol–water partition coefficient (Wildman–Crippen LogP) is 3.38. The lowest BCUT2D eigenvalue weighted by Gasteiger charge is -2.21. The highest BCUT2D eigenvalue weighted by molar-refractivity contribution is 5.99. The first-order chi connectivity index (χ1) is 9.27. The molecule has 0 unspecified atom stereocenters. The summed E-state index contributed by atoms with van der Waals surface area (Å²) in [4.78, 5) is 14.4. The Morgan fingerprint density at radius 2 is 1.68 bits per heavy atom. The summed E-state index contributed by atoms with van der Waals surface area (Å²) < 4.78 is 0. The fourth-order valence-corrected chi connectivity index (χ4v) is 2.82. The van der Waals surface area contributed by atoms with Crippen LogP contribution in [0.5, 0.6) is 0 Å². The van der Waals surface area contributed by atoms with Gasteiger partial charge in [0.2, 0.25) is 5.91 Å². The standard InChI is InChI=1S/C17H17NO/c1-18-16-10-6-5-9-14(16)11-12-15(17(18)19)13-7-3-2-4-8-13/h2-10,15H,11-12H2,1H3/t15-/m0/s1. The van der Waals surface area contributed by atoms with Gasteiger partial charge in [-0.2, -0.15) is 0 Å². The van der Waals surface area contributed by atoms with E-state index < -0.39 is 0 Å². The molecular weight excluding hydrogens is 234 g/mol. The second kappa shape index (κ2) is 4.88. The third-order valence-electron chi connectivity index (χ3n) is 3.89. The molecule has 96 valence electrons. The first-order valence-corrected chi connectivity index (χ1v) is 6.68. The van der Waals surface area contributed by atoms with Gasteiger partial charge in [-0.05, 0) is 30.0 Å². The molecule has 2 aromatic carbocycles. The predicted molar refractivity (Wildman–Crippen MR) is 77.4 cm³/mol. The fraction of sp³-hybridized carbons (Fsp3) is 0.235. The highest BCUT2D eigenvalue weighted by Gasteiger charge is 2.28. The number of para-hydroxylation sites is 1. The highest BCUT2D eigenvalue weighted by Crippen LogP contribution is 2.32. The number of carbonyl (C=O) groups is 1. The topological polar surface area (TPSA) is 20.3 Å². The van der Waals surface area contributed by atoms with Crippen LogP contribution in [0.2, 0.25) is 0 Å². The average molecular weight is 251 g/mol. The van der Waals surface area contributed by atoms with Crippen LogP contribution in [0.1, 0.15) is 23.5 Å². The lowest BCUT2D eigenvalue weighted by atomic mass is 9.93. The van der Waals surface area contributed by atoms with Gasteiger partial charge in [0.05, 0.1) is 5.92 Å². The number of benzene rings is 2. The van der Waals surface area contributed by atoms with Crippen LogP contribution in [0.25, 0.3) is 0 Å². The van der Waals surface area contributed by atoms with Gasteiger partial charge in [0.25, 0.3) is 0 Å². The molecule has 1 heterocycles. The molecule has 2 heteroatoms. The third-order valence-corrected chi connectivity index (χ3v) is 3.89. The summed E-state index contributed by atoms with van der Waals surface area (Å²) in [5.41, 5.74) is 3.43. The Morgan fingerprint density at radius 3 is 2.47 bits per heavy atom. The Labute approximate surface area is 113 Å². The van der Waals surface area contributed by atoms with E-state index in [1.165, 1.54) is 5.56 Å².